The van der Waals surface area contributed by atoms with E-state index < -0.39 is 0 Å². The van der Waals surface area contributed by atoms with Gasteiger partial charge in [0, 0.05) is 33.6 Å². The number of hydrogen-bond donors (Lipinski definition) is 0. The lowest BCUT2D eigenvalue weighted by Gasteiger charge is -2.02. The zero-order chi connectivity index (χ0) is 13.0. The summed E-state index contributed by atoms with van der Waals surface area (Å²) in [6.45, 7) is 0. The van der Waals surface area contributed by atoms with Gasteiger partial charge >= 0.3 is 0 Å². The van der Waals surface area contributed by atoms with E-state index >= 15 is 0 Å². The molecule has 0 spiro atoms. The minimum atomic E-state index is 1.18. The normalized spacial score (nSPS) is 11.7. The van der Waals surface area contributed by atoms with E-state index in [1.54, 1.807) is 0 Å². The molecule has 0 unspecified atom stereocenters. The monoisotopic (exact) mass is 438 g/mol. The summed E-state index contributed by atoms with van der Waals surface area (Å²) in [5.74, 6) is 0. The van der Waals surface area contributed by atoms with Gasteiger partial charge in [-0.1, -0.05) is 40.2 Å². The number of benzene rings is 3. The molecule has 0 aliphatic rings. The standard InChI is InChI=1S/C16H8BrIS/c17-14-8-13-12-7-9(18)5-6-15(12)19-16(13)11-4-2-1-3-10(11)14/h1-8H. The zero-order valence-corrected chi connectivity index (χ0v) is 14.3. The first kappa shape index (κ1) is 12.1. The van der Waals surface area contributed by atoms with Crippen LogP contribution in [0.25, 0.3) is 30.9 Å². The number of hydrogen-bond acceptors (Lipinski definition) is 1. The highest BCUT2D eigenvalue weighted by Gasteiger charge is 2.10. The predicted molar refractivity (Wildman–Crippen MR) is 97.3 cm³/mol. The van der Waals surface area contributed by atoms with Crippen LogP contribution in [0, 0.1) is 3.57 Å². The van der Waals surface area contributed by atoms with E-state index in [1.165, 1.54) is 39.0 Å². The molecule has 1 heterocycles. The molecule has 0 saturated heterocycles. The Kier molecular flexibility index (Phi) is 2.83. The van der Waals surface area contributed by atoms with E-state index in [9.17, 15) is 0 Å². The fourth-order valence-corrected chi connectivity index (χ4v) is 4.79. The van der Waals surface area contributed by atoms with Crippen molar-refractivity contribution in [3.63, 3.8) is 0 Å². The highest BCUT2D eigenvalue weighted by Crippen LogP contribution is 2.41. The lowest BCUT2D eigenvalue weighted by atomic mass is 10.1. The summed E-state index contributed by atoms with van der Waals surface area (Å²) in [6.07, 6.45) is 0. The fraction of sp³-hybridized carbons (Fsp3) is 0. The van der Waals surface area contributed by atoms with Crippen molar-refractivity contribution >= 4 is 80.8 Å². The van der Waals surface area contributed by atoms with E-state index in [1.807, 2.05) is 11.3 Å². The second-order valence-electron chi connectivity index (χ2n) is 4.52. The lowest BCUT2D eigenvalue weighted by molar-refractivity contribution is 1.76. The summed E-state index contributed by atoms with van der Waals surface area (Å²) < 4.78 is 5.21. The Morgan fingerprint density at radius 3 is 2.47 bits per heavy atom. The molecule has 0 amide bonds. The Hall–Kier alpha value is -0.650. The highest BCUT2D eigenvalue weighted by molar-refractivity contribution is 14.1. The van der Waals surface area contributed by atoms with Crippen LogP contribution in [0.4, 0.5) is 0 Å². The van der Waals surface area contributed by atoms with Gasteiger partial charge in [-0.15, -0.1) is 11.3 Å². The van der Waals surface area contributed by atoms with Crippen molar-refractivity contribution in [2.75, 3.05) is 0 Å². The molecule has 0 N–H and O–H groups in total. The molecule has 0 saturated carbocycles. The van der Waals surface area contributed by atoms with Crippen LogP contribution in [0.2, 0.25) is 0 Å². The summed E-state index contributed by atoms with van der Waals surface area (Å²) in [5, 5.41) is 5.33. The van der Waals surface area contributed by atoms with Crippen molar-refractivity contribution in [2.45, 2.75) is 0 Å². The molecule has 0 bridgehead atoms. The minimum absolute atomic E-state index is 1.18. The molecule has 92 valence electrons. The third-order valence-electron chi connectivity index (χ3n) is 3.39. The molecule has 3 aromatic carbocycles. The van der Waals surface area contributed by atoms with Gasteiger partial charge in [-0.3, -0.25) is 0 Å². The lowest BCUT2D eigenvalue weighted by Crippen LogP contribution is -1.75. The average Bonchev–Trinajstić information content (AvgIpc) is 2.78. The van der Waals surface area contributed by atoms with Crippen LogP contribution in [-0.4, -0.2) is 0 Å². The fourth-order valence-electron chi connectivity index (χ4n) is 2.53. The van der Waals surface area contributed by atoms with E-state index in [4.69, 9.17) is 0 Å². The molecule has 1 aromatic heterocycles. The smallest absolute Gasteiger partial charge is 0.0434 e. The van der Waals surface area contributed by atoms with Crippen molar-refractivity contribution in [2.24, 2.45) is 0 Å². The SMILES string of the molecule is Brc1cc2c3cc(I)ccc3sc2c2ccccc12. The summed E-state index contributed by atoms with van der Waals surface area (Å²) in [6, 6.07) is 17.5. The van der Waals surface area contributed by atoms with E-state index in [0.717, 1.165) is 0 Å². The largest absolute Gasteiger partial charge is 0.135 e. The molecule has 0 radical (unpaired) electrons. The molecular formula is C16H8BrIS. The predicted octanol–water partition coefficient (Wildman–Crippen LogP) is 6.57. The Balaban J connectivity index is 2.32. The highest BCUT2D eigenvalue weighted by atomic mass is 127. The number of thiophene rings is 1. The Morgan fingerprint density at radius 2 is 1.63 bits per heavy atom. The first-order valence-electron chi connectivity index (χ1n) is 5.93. The maximum Gasteiger partial charge on any atom is 0.0434 e. The Morgan fingerprint density at radius 1 is 0.842 bits per heavy atom. The van der Waals surface area contributed by atoms with E-state index in [-0.39, 0.29) is 0 Å². The maximum atomic E-state index is 3.71. The van der Waals surface area contributed by atoms with Crippen molar-refractivity contribution in [1.29, 1.82) is 0 Å². The molecule has 4 rings (SSSR count). The van der Waals surface area contributed by atoms with Crippen molar-refractivity contribution in [3.05, 3.63) is 56.6 Å². The average molecular weight is 439 g/mol. The van der Waals surface area contributed by atoms with Gasteiger partial charge in [0.05, 0.1) is 0 Å². The summed E-state index contributed by atoms with van der Waals surface area (Å²) in [5.41, 5.74) is 0. The van der Waals surface area contributed by atoms with Crippen molar-refractivity contribution in [1.82, 2.24) is 0 Å². The van der Waals surface area contributed by atoms with E-state index in [2.05, 4.69) is 87.1 Å². The third kappa shape index (κ3) is 1.82. The maximum absolute atomic E-state index is 3.71. The van der Waals surface area contributed by atoms with Crippen LogP contribution in [0.5, 0.6) is 0 Å². The Bertz CT molecular complexity index is 940. The van der Waals surface area contributed by atoms with Gasteiger partial charge in [0.1, 0.15) is 0 Å². The minimum Gasteiger partial charge on any atom is -0.135 e. The third-order valence-corrected chi connectivity index (χ3v) is 5.94. The first-order valence-corrected chi connectivity index (χ1v) is 8.62. The van der Waals surface area contributed by atoms with Crippen LogP contribution >= 0.6 is 49.9 Å². The molecule has 0 atom stereocenters. The van der Waals surface area contributed by atoms with Gasteiger partial charge < -0.3 is 0 Å². The number of halogens is 2. The van der Waals surface area contributed by atoms with Crippen LogP contribution < -0.4 is 0 Å². The molecule has 4 aromatic rings. The molecule has 0 fully saturated rings. The second kappa shape index (κ2) is 4.43. The van der Waals surface area contributed by atoms with Crippen LogP contribution in [-0.2, 0) is 0 Å². The van der Waals surface area contributed by atoms with Crippen LogP contribution in [0.1, 0.15) is 0 Å². The summed E-state index contributed by atoms with van der Waals surface area (Å²) in [4.78, 5) is 0. The molecule has 0 aliphatic heterocycles. The quantitative estimate of drug-likeness (QED) is 0.272. The molecule has 0 aliphatic carbocycles. The molecule has 3 heteroatoms. The van der Waals surface area contributed by atoms with Gasteiger partial charge in [0.15, 0.2) is 0 Å². The molecule has 19 heavy (non-hydrogen) atoms. The van der Waals surface area contributed by atoms with Crippen molar-refractivity contribution in [3.8, 4) is 0 Å². The first-order chi connectivity index (χ1) is 9.24. The molecular weight excluding hydrogens is 431 g/mol. The van der Waals surface area contributed by atoms with Gasteiger partial charge in [-0.05, 0) is 52.2 Å². The van der Waals surface area contributed by atoms with Crippen LogP contribution in [0.3, 0.4) is 0 Å². The zero-order valence-electron chi connectivity index (χ0n) is 9.78. The number of fused-ring (bicyclic) bond motifs is 5. The van der Waals surface area contributed by atoms with E-state index in [0.29, 0.717) is 0 Å². The second-order valence-corrected chi connectivity index (χ2v) is 7.68. The number of rotatable bonds is 0. The molecule has 0 nitrogen and oxygen atoms in total. The van der Waals surface area contributed by atoms with Crippen LogP contribution in [0.15, 0.2) is 53.0 Å². The topological polar surface area (TPSA) is 0 Å². The summed E-state index contributed by atoms with van der Waals surface area (Å²) in [7, 11) is 0. The van der Waals surface area contributed by atoms with Gasteiger partial charge in [-0.2, -0.15) is 0 Å². The summed E-state index contributed by atoms with van der Waals surface area (Å²) >= 11 is 7.97. The Labute approximate surface area is 136 Å². The van der Waals surface area contributed by atoms with Gasteiger partial charge in [-0.25, -0.2) is 0 Å². The van der Waals surface area contributed by atoms with Crippen molar-refractivity contribution < 1.29 is 0 Å². The van der Waals surface area contributed by atoms with Gasteiger partial charge in [0.25, 0.3) is 0 Å². The van der Waals surface area contributed by atoms with Gasteiger partial charge in [0.2, 0.25) is 0 Å².